The fraction of sp³-hybridized carbons (Fsp3) is 0.778. The predicted octanol–water partition coefficient (Wildman–Crippen LogP) is 1.72. The van der Waals surface area contributed by atoms with Gasteiger partial charge in [0.05, 0.1) is 5.69 Å². The normalized spacial score (nSPS) is 22.5. The standard InChI is InChI=1S/C18H32N6O.HI/c1-3-19-18(20-13-16-5-7-22(4-2)14-16)24-10-8-23(9-11-24)15-17-6-12-25-21-17;/h6,12,16H,3-5,7-11,13-15H2,1-2H3,(H,19,20);1H. The van der Waals surface area contributed by atoms with Crippen LogP contribution in [0.25, 0.3) is 0 Å². The Morgan fingerprint density at radius 1 is 1.23 bits per heavy atom. The number of guanidine groups is 1. The highest BCUT2D eigenvalue weighted by Crippen LogP contribution is 2.16. The van der Waals surface area contributed by atoms with Gasteiger partial charge in [0, 0.05) is 58.4 Å². The molecule has 0 bridgehead atoms. The zero-order valence-electron chi connectivity index (χ0n) is 16.1. The number of aliphatic imine (C=N–C) groups is 1. The molecule has 2 saturated heterocycles. The zero-order chi connectivity index (χ0) is 17.5. The number of piperazine rings is 1. The number of nitrogens with zero attached hydrogens (tertiary/aromatic N) is 5. The third-order valence-corrected chi connectivity index (χ3v) is 5.20. The highest BCUT2D eigenvalue weighted by atomic mass is 127. The zero-order valence-corrected chi connectivity index (χ0v) is 18.4. The van der Waals surface area contributed by atoms with Crippen LogP contribution in [0, 0.1) is 5.92 Å². The molecule has 148 valence electrons. The lowest BCUT2D eigenvalue weighted by Crippen LogP contribution is -2.52. The van der Waals surface area contributed by atoms with Gasteiger partial charge in [0.2, 0.25) is 0 Å². The Morgan fingerprint density at radius 2 is 2.04 bits per heavy atom. The molecule has 1 aromatic rings. The second-order valence-corrected chi connectivity index (χ2v) is 7.00. The van der Waals surface area contributed by atoms with Crippen molar-refractivity contribution >= 4 is 29.9 Å². The van der Waals surface area contributed by atoms with E-state index in [1.165, 1.54) is 19.5 Å². The maximum Gasteiger partial charge on any atom is 0.194 e. The largest absolute Gasteiger partial charge is 0.364 e. The van der Waals surface area contributed by atoms with Crippen LogP contribution in [0.3, 0.4) is 0 Å². The van der Waals surface area contributed by atoms with Crippen molar-refractivity contribution in [3.63, 3.8) is 0 Å². The first-order chi connectivity index (χ1) is 12.3. The first kappa shape index (κ1) is 21.4. The fourth-order valence-electron chi connectivity index (χ4n) is 3.66. The van der Waals surface area contributed by atoms with Crippen molar-refractivity contribution in [1.29, 1.82) is 0 Å². The molecule has 2 aliphatic heterocycles. The Labute approximate surface area is 174 Å². The molecule has 0 spiro atoms. The van der Waals surface area contributed by atoms with Gasteiger partial charge in [0.1, 0.15) is 6.26 Å². The maximum atomic E-state index is 4.95. The van der Waals surface area contributed by atoms with Crippen molar-refractivity contribution in [3.8, 4) is 0 Å². The highest BCUT2D eigenvalue weighted by molar-refractivity contribution is 14.0. The van der Waals surface area contributed by atoms with Gasteiger partial charge in [0.15, 0.2) is 5.96 Å². The minimum absolute atomic E-state index is 0. The summed E-state index contributed by atoms with van der Waals surface area (Å²) in [5.74, 6) is 1.79. The number of hydrogen-bond acceptors (Lipinski definition) is 5. The van der Waals surface area contributed by atoms with Crippen LogP contribution in [0.5, 0.6) is 0 Å². The van der Waals surface area contributed by atoms with Crippen molar-refractivity contribution in [2.45, 2.75) is 26.8 Å². The molecule has 1 N–H and O–H groups in total. The van der Waals surface area contributed by atoms with Crippen LogP contribution in [0.15, 0.2) is 21.8 Å². The van der Waals surface area contributed by atoms with E-state index in [2.05, 4.69) is 39.0 Å². The number of likely N-dealkylation sites (tertiary alicyclic amines) is 1. The Kier molecular flexibility index (Phi) is 9.13. The third-order valence-electron chi connectivity index (χ3n) is 5.20. The Morgan fingerprint density at radius 3 is 2.65 bits per heavy atom. The van der Waals surface area contributed by atoms with E-state index in [-0.39, 0.29) is 24.0 Å². The Balaban J connectivity index is 0.00000243. The molecule has 8 heteroatoms. The molecule has 0 aliphatic carbocycles. The van der Waals surface area contributed by atoms with Gasteiger partial charge >= 0.3 is 0 Å². The van der Waals surface area contributed by atoms with Gasteiger partial charge in [0.25, 0.3) is 0 Å². The number of hydrogen-bond donors (Lipinski definition) is 1. The van der Waals surface area contributed by atoms with Gasteiger partial charge in [-0.15, -0.1) is 24.0 Å². The number of nitrogens with one attached hydrogen (secondary N) is 1. The summed E-state index contributed by atoms with van der Waals surface area (Å²) in [5, 5.41) is 7.49. The van der Waals surface area contributed by atoms with E-state index in [0.29, 0.717) is 5.92 Å². The summed E-state index contributed by atoms with van der Waals surface area (Å²) in [7, 11) is 0. The molecule has 1 aromatic heterocycles. The van der Waals surface area contributed by atoms with Crippen molar-refractivity contribution in [1.82, 2.24) is 25.2 Å². The molecular weight excluding hydrogens is 443 g/mol. The molecule has 1 unspecified atom stereocenters. The predicted molar refractivity (Wildman–Crippen MR) is 115 cm³/mol. The molecule has 2 fully saturated rings. The smallest absolute Gasteiger partial charge is 0.194 e. The second-order valence-electron chi connectivity index (χ2n) is 7.00. The molecule has 0 saturated carbocycles. The SMILES string of the molecule is CCNC(=NCC1CCN(CC)C1)N1CCN(Cc2ccon2)CC1.I. The first-order valence-electron chi connectivity index (χ1n) is 9.65. The quantitative estimate of drug-likeness (QED) is 0.384. The Bertz CT molecular complexity index is 530. The van der Waals surface area contributed by atoms with Crippen LogP contribution in [-0.2, 0) is 6.54 Å². The fourth-order valence-corrected chi connectivity index (χ4v) is 3.66. The average Bonchev–Trinajstić information content (AvgIpc) is 3.31. The van der Waals surface area contributed by atoms with Gasteiger partial charge in [-0.25, -0.2) is 0 Å². The summed E-state index contributed by atoms with van der Waals surface area (Å²) in [6, 6.07) is 1.94. The van der Waals surface area contributed by atoms with E-state index in [0.717, 1.165) is 64.0 Å². The van der Waals surface area contributed by atoms with Crippen LogP contribution in [0.2, 0.25) is 0 Å². The van der Waals surface area contributed by atoms with Gasteiger partial charge in [-0.05, 0) is 32.4 Å². The lowest BCUT2D eigenvalue weighted by molar-refractivity contribution is 0.169. The minimum atomic E-state index is 0. The molecule has 3 heterocycles. The second kappa shape index (κ2) is 11.1. The van der Waals surface area contributed by atoms with Crippen LogP contribution < -0.4 is 5.32 Å². The first-order valence-corrected chi connectivity index (χ1v) is 9.65. The molecule has 26 heavy (non-hydrogen) atoms. The summed E-state index contributed by atoms with van der Waals surface area (Å²) in [5.41, 5.74) is 1.01. The summed E-state index contributed by atoms with van der Waals surface area (Å²) in [6.07, 6.45) is 2.92. The van der Waals surface area contributed by atoms with Crippen molar-refractivity contribution in [3.05, 3.63) is 18.0 Å². The third kappa shape index (κ3) is 6.09. The van der Waals surface area contributed by atoms with E-state index in [9.17, 15) is 0 Å². The van der Waals surface area contributed by atoms with E-state index in [1.807, 2.05) is 6.07 Å². The molecule has 2 aliphatic rings. The molecule has 0 radical (unpaired) electrons. The summed E-state index contributed by atoms with van der Waals surface area (Å²) >= 11 is 0. The number of rotatable bonds is 6. The van der Waals surface area contributed by atoms with Crippen LogP contribution in [-0.4, -0.2) is 84.7 Å². The molecule has 1 atom stereocenters. The maximum absolute atomic E-state index is 4.95. The van der Waals surface area contributed by atoms with Gasteiger partial charge < -0.3 is 19.6 Å². The van der Waals surface area contributed by atoms with Gasteiger partial charge in [-0.3, -0.25) is 9.89 Å². The Hall–Kier alpha value is -0.870. The van der Waals surface area contributed by atoms with Crippen molar-refractivity contribution in [2.24, 2.45) is 10.9 Å². The molecule has 3 rings (SSSR count). The van der Waals surface area contributed by atoms with Crippen LogP contribution in [0.1, 0.15) is 26.0 Å². The van der Waals surface area contributed by atoms with Crippen LogP contribution >= 0.6 is 24.0 Å². The van der Waals surface area contributed by atoms with Gasteiger partial charge in [-0.1, -0.05) is 12.1 Å². The lowest BCUT2D eigenvalue weighted by atomic mass is 10.1. The molecule has 7 nitrogen and oxygen atoms in total. The molecule has 0 aromatic carbocycles. The van der Waals surface area contributed by atoms with E-state index in [1.54, 1.807) is 6.26 Å². The minimum Gasteiger partial charge on any atom is -0.364 e. The number of halogens is 1. The molecular formula is C18H33IN6O. The topological polar surface area (TPSA) is 60.1 Å². The monoisotopic (exact) mass is 476 g/mol. The molecule has 0 amide bonds. The summed E-state index contributed by atoms with van der Waals surface area (Å²) in [4.78, 5) is 12.3. The van der Waals surface area contributed by atoms with E-state index < -0.39 is 0 Å². The summed E-state index contributed by atoms with van der Waals surface area (Å²) < 4.78 is 4.92. The van der Waals surface area contributed by atoms with Crippen molar-refractivity contribution < 1.29 is 4.52 Å². The number of aromatic nitrogens is 1. The van der Waals surface area contributed by atoms with Gasteiger partial charge in [-0.2, -0.15) is 0 Å². The summed E-state index contributed by atoms with van der Waals surface area (Å²) in [6.45, 7) is 14.8. The van der Waals surface area contributed by atoms with Crippen molar-refractivity contribution in [2.75, 3.05) is 58.9 Å². The van der Waals surface area contributed by atoms with Crippen LogP contribution in [0.4, 0.5) is 0 Å². The van der Waals surface area contributed by atoms with E-state index >= 15 is 0 Å². The lowest BCUT2D eigenvalue weighted by Gasteiger charge is -2.36. The highest BCUT2D eigenvalue weighted by Gasteiger charge is 2.23. The van der Waals surface area contributed by atoms with E-state index in [4.69, 9.17) is 9.52 Å². The average molecular weight is 476 g/mol.